The summed E-state index contributed by atoms with van der Waals surface area (Å²) in [5.74, 6) is -0.0319. The third-order valence-electron chi connectivity index (χ3n) is 3.99. The van der Waals surface area contributed by atoms with Crippen molar-refractivity contribution in [1.82, 2.24) is 4.90 Å². The van der Waals surface area contributed by atoms with Crippen LogP contribution in [0.25, 0.3) is 0 Å². The number of hydrogen-bond donors (Lipinski definition) is 0. The molecule has 0 N–H and O–H groups in total. The molecule has 1 aliphatic heterocycles. The minimum absolute atomic E-state index is 0.0694. The van der Waals surface area contributed by atoms with Gasteiger partial charge in [0, 0.05) is 18.5 Å². The Hall–Kier alpha value is -2.74. The van der Waals surface area contributed by atoms with Crippen LogP contribution in [0.15, 0.2) is 47.4 Å². The number of nitrogens with zero attached hydrogens (tertiary/aromatic N) is 1. The number of ether oxygens (including phenoxy) is 3. The van der Waals surface area contributed by atoms with Crippen LogP contribution in [-0.4, -0.2) is 49.4 Å². The fourth-order valence-corrected chi connectivity index (χ4v) is 3.28. The maximum absolute atomic E-state index is 13.5. The summed E-state index contributed by atoms with van der Waals surface area (Å²) in [4.78, 5) is 25.8. The summed E-state index contributed by atoms with van der Waals surface area (Å²) in [5, 5.41) is 0. The summed E-state index contributed by atoms with van der Waals surface area (Å²) in [5.41, 5.74) is 0.876. The molecule has 1 aliphatic rings. The quantitative estimate of drug-likeness (QED) is 0.521. The average Bonchev–Trinajstić information content (AvgIpc) is 2.71. The summed E-state index contributed by atoms with van der Waals surface area (Å²) in [7, 11) is 1.63. The lowest BCUT2D eigenvalue weighted by Crippen LogP contribution is -2.31. The van der Waals surface area contributed by atoms with E-state index in [9.17, 15) is 14.0 Å². The van der Waals surface area contributed by atoms with E-state index in [1.165, 1.54) is 11.0 Å². The lowest BCUT2D eigenvalue weighted by atomic mass is 10.2. The fraction of sp³-hybridized carbons (Fsp3) is 0.300. The molecule has 1 amide bonds. The number of thioether (sulfide) groups is 1. The zero-order valence-electron chi connectivity index (χ0n) is 15.4. The average molecular weight is 405 g/mol. The highest BCUT2D eigenvalue weighted by atomic mass is 32.2. The van der Waals surface area contributed by atoms with Crippen LogP contribution in [0.1, 0.15) is 5.56 Å². The van der Waals surface area contributed by atoms with E-state index in [2.05, 4.69) is 0 Å². The number of hydrogen-bond acceptors (Lipinski definition) is 6. The van der Waals surface area contributed by atoms with Gasteiger partial charge < -0.3 is 19.1 Å². The summed E-state index contributed by atoms with van der Waals surface area (Å²) in [6.45, 7) is 0.992. The molecule has 0 atom stereocenters. The van der Waals surface area contributed by atoms with Gasteiger partial charge in [0.05, 0.1) is 5.75 Å². The molecule has 2 aromatic rings. The van der Waals surface area contributed by atoms with Gasteiger partial charge in [0.2, 0.25) is 0 Å². The molecule has 0 saturated carbocycles. The molecule has 0 fully saturated rings. The van der Waals surface area contributed by atoms with Gasteiger partial charge in [0.25, 0.3) is 5.91 Å². The first-order valence-electron chi connectivity index (χ1n) is 8.68. The summed E-state index contributed by atoms with van der Waals surface area (Å²) in [6.07, 6.45) is 0. The number of benzene rings is 2. The van der Waals surface area contributed by atoms with E-state index in [-0.39, 0.29) is 18.3 Å². The first kappa shape index (κ1) is 20.0. The number of rotatable bonds is 7. The van der Waals surface area contributed by atoms with Crippen molar-refractivity contribution in [3.05, 3.63) is 53.8 Å². The second-order valence-electron chi connectivity index (χ2n) is 6.11. The Bertz CT molecular complexity index is 860. The van der Waals surface area contributed by atoms with Crippen molar-refractivity contribution in [2.45, 2.75) is 11.4 Å². The van der Waals surface area contributed by atoms with Gasteiger partial charge in [0.15, 0.2) is 18.1 Å². The molecule has 1 heterocycles. The smallest absolute Gasteiger partial charge is 0.316 e. The largest absolute Gasteiger partial charge is 0.486 e. The van der Waals surface area contributed by atoms with Crippen LogP contribution >= 0.6 is 11.8 Å². The van der Waals surface area contributed by atoms with Crippen LogP contribution in [0.4, 0.5) is 4.39 Å². The molecule has 0 radical (unpaired) electrons. The van der Waals surface area contributed by atoms with Crippen molar-refractivity contribution in [3.63, 3.8) is 0 Å². The van der Waals surface area contributed by atoms with Gasteiger partial charge in [-0.2, -0.15) is 0 Å². The third kappa shape index (κ3) is 5.39. The number of carbonyl (C=O) groups excluding carboxylic acids is 2. The molecule has 28 heavy (non-hydrogen) atoms. The van der Waals surface area contributed by atoms with Gasteiger partial charge in [0.1, 0.15) is 19.0 Å². The Labute approximate surface area is 166 Å². The highest BCUT2D eigenvalue weighted by molar-refractivity contribution is 8.00. The molecule has 2 aromatic carbocycles. The van der Waals surface area contributed by atoms with Gasteiger partial charge in [-0.05, 0) is 29.8 Å². The molecule has 8 heteroatoms. The lowest BCUT2D eigenvalue weighted by molar-refractivity contribution is -0.149. The number of amides is 1. The molecule has 6 nitrogen and oxygen atoms in total. The van der Waals surface area contributed by atoms with Gasteiger partial charge >= 0.3 is 5.97 Å². The predicted molar refractivity (Wildman–Crippen MR) is 102 cm³/mol. The molecule has 3 rings (SSSR count). The fourth-order valence-electron chi connectivity index (χ4n) is 2.54. The number of esters is 1. The van der Waals surface area contributed by atoms with Crippen LogP contribution in [0.5, 0.6) is 11.5 Å². The zero-order valence-corrected chi connectivity index (χ0v) is 16.2. The van der Waals surface area contributed by atoms with Crippen molar-refractivity contribution in [2.24, 2.45) is 0 Å². The number of fused-ring (bicyclic) bond motifs is 1. The van der Waals surface area contributed by atoms with E-state index >= 15 is 0 Å². The van der Waals surface area contributed by atoms with E-state index < -0.39 is 11.8 Å². The van der Waals surface area contributed by atoms with Crippen molar-refractivity contribution in [3.8, 4) is 11.5 Å². The SMILES string of the molecule is CN(Cc1ccc2c(c1)OCCO2)C(=O)COC(=O)CSc1ccccc1F. The van der Waals surface area contributed by atoms with Crippen LogP contribution in [0.3, 0.4) is 0 Å². The Morgan fingerprint density at radius 2 is 1.89 bits per heavy atom. The second-order valence-corrected chi connectivity index (χ2v) is 7.12. The van der Waals surface area contributed by atoms with Gasteiger partial charge in [-0.25, -0.2) is 4.39 Å². The standard InChI is InChI=1S/C20H20FNO5S/c1-22(11-14-6-7-16-17(10-14)26-9-8-25-16)19(23)12-27-20(24)13-28-18-5-3-2-4-15(18)21/h2-7,10H,8-9,11-13H2,1H3. The topological polar surface area (TPSA) is 65.1 Å². The Morgan fingerprint density at radius 1 is 1.14 bits per heavy atom. The van der Waals surface area contributed by atoms with Gasteiger partial charge in [-0.3, -0.25) is 9.59 Å². The van der Waals surface area contributed by atoms with E-state index in [4.69, 9.17) is 14.2 Å². The molecular formula is C20H20FNO5S. The number of likely N-dealkylation sites (N-methyl/N-ethyl adjacent to an activating group) is 1. The van der Waals surface area contributed by atoms with Gasteiger partial charge in [-0.1, -0.05) is 18.2 Å². The first-order chi connectivity index (χ1) is 13.5. The van der Waals surface area contributed by atoms with E-state index in [1.54, 1.807) is 25.2 Å². The maximum Gasteiger partial charge on any atom is 0.316 e. The molecule has 148 valence electrons. The molecule has 0 saturated heterocycles. The van der Waals surface area contributed by atoms with Crippen molar-refractivity contribution in [1.29, 1.82) is 0 Å². The van der Waals surface area contributed by atoms with Crippen LogP contribution in [-0.2, 0) is 20.9 Å². The van der Waals surface area contributed by atoms with Crippen molar-refractivity contribution < 1.29 is 28.2 Å². The van der Waals surface area contributed by atoms with Crippen molar-refractivity contribution in [2.75, 3.05) is 32.6 Å². The maximum atomic E-state index is 13.5. The zero-order chi connectivity index (χ0) is 19.9. The lowest BCUT2D eigenvalue weighted by Gasteiger charge is -2.21. The molecular weight excluding hydrogens is 385 g/mol. The predicted octanol–water partition coefficient (Wildman–Crippen LogP) is 2.89. The van der Waals surface area contributed by atoms with Crippen LogP contribution in [0, 0.1) is 5.82 Å². The molecule has 0 aromatic heterocycles. The van der Waals surface area contributed by atoms with Crippen LogP contribution < -0.4 is 9.47 Å². The Morgan fingerprint density at radius 3 is 2.68 bits per heavy atom. The van der Waals surface area contributed by atoms with Gasteiger partial charge in [-0.15, -0.1) is 11.8 Å². The second kappa shape index (κ2) is 9.45. The molecule has 0 unspecified atom stereocenters. The van der Waals surface area contributed by atoms with Crippen LogP contribution in [0.2, 0.25) is 0 Å². The minimum atomic E-state index is -0.575. The molecule has 0 bridgehead atoms. The number of halogens is 1. The van der Waals surface area contributed by atoms with E-state index in [0.717, 1.165) is 17.3 Å². The minimum Gasteiger partial charge on any atom is -0.486 e. The van der Waals surface area contributed by atoms with E-state index in [0.29, 0.717) is 36.2 Å². The molecule has 0 aliphatic carbocycles. The summed E-state index contributed by atoms with van der Waals surface area (Å²) in [6, 6.07) is 11.7. The number of carbonyl (C=O) groups is 2. The Kier molecular flexibility index (Phi) is 6.76. The monoisotopic (exact) mass is 405 g/mol. The summed E-state index contributed by atoms with van der Waals surface area (Å²) >= 11 is 1.03. The van der Waals surface area contributed by atoms with E-state index in [1.807, 2.05) is 18.2 Å². The first-order valence-corrected chi connectivity index (χ1v) is 9.67. The highest BCUT2D eigenvalue weighted by Gasteiger charge is 2.16. The third-order valence-corrected chi connectivity index (χ3v) is 5.01. The summed E-state index contributed by atoms with van der Waals surface area (Å²) < 4.78 is 29.5. The Balaban J connectivity index is 1.44. The normalized spacial score (nSPS) is 12.4. The molecule has 0 spiro atoms. The highest BCUT2D eigenvalue weighted by Crippen LogP contribution is 2.31. The van der Waals surface area contributed by atoms with Crippen molar-refractivity contribution >= 4 is 23.6 Å².